The first-order chi connectivity index (χ1) is 7.06. The molecule has 1 aromatic rings. The molecule has 15 heavy (non-hydrogen) atoms. The minimum absolute atomic E-state index is 0.0229. The van der Waals surface area contributed by atoms with Crippen LogP contribution in [0.1, 0.15) is 25.8 Å². The predicted octanol–water partition coefficient (Wildman–Crippen LogP) is 2.91. The molecule has 0 bridgehead atoms. The standard InChI is InChI=1S/C12H16F2O/c1-3-8(2)12(15)7-9-10(13)5-4-6-11(9)14/h4-6,8,12,15H,3,7H2,1-2H3. The van der Waals surface area contributed by atoms with Crippen molar-refractivity contribution in [1.29, 1.82) is 0 Å². The lowest BCUT2D eigenvalue weighted by molar-refractivity contribution is 0.113. The van der Waals surface area contributed by atoms with Gasteiger partial charge in [-0.3, -0.25) is 0 Å². The molecule has 2 unspecified atom stereocenters. The van der Waals surface area contributed by atoms with E-state index in [0.717, 1.165) is 6.42 Å². The minimum Gasteiger partial charge on any atom is -0.393 e. The van der Waals surface area contributed by atoms with Gasteiger partial charge in [-0.1, -0.05) is 26.3 Å². The first-order valence-electron chi connectivity index (χ1n) is 5.17. The molecule has 1 N–H and O–H groups in total. The molecule has 0 fully saturated rings. The maximum Gasteiger partial charge on any atom is 0.129 e. The molecule has 84 valence electrons. The molecular weight excluding hydrogens is 198 g/mol. The van der Waals surface area contributed by atoms with E-state index in [1.165, 1.54) is 18.2 Å². The molecule has 2 atom stereocenters. The Balaban J connectivity index is 2.80. The Morgan fingerprint density at radius 2 is 1.80 bits per heavy atom. The van der Waals surface area contributed by atoms with E-state index in [9.17, 15) is 13.9 Å². The second-order valence-corrected chi connectivity index (χ2v) is 3.86. The topological polar surface area (TPSA) is 20.2 Å². The van der Waals surface area contributed by atoms with Crippen molar-refractivity contribution < 1.29 is 13.9 Å². The lowest BCUT2D eigenvalue weighted by atomic mass is 9.95. The summed E-state index contributed by atoms with van der Waals surface area (Å²) < 4.78 is 26.5. The third-order valence-electron chi connectivity index (χ3n) is 2.78. The molecule has 0 radical (unpaired) electrons. The van der Waals surface area contributed by atoms with Crippen molar-refractivity contribution in [3.8, 4) is 0 Å². The van der Waals surface area contributed by atoms with Crippen molar-refractivity contribution in [2.24, 2.45) is 5.92 Å². The van der Waals surface area contributed by atoms with Crippen LogP contribution >= 0.6 is 0 Å². The zero-order valence-corrected chi connectivity index (χ0v) is 9.00. The average Bonchev–Trinajstić information content (AvgIpc) is 2.22. The van der Waals surface area contributed by atoms with E-state index in [1.54, 1.807) is 0 Å². The van der Waals surface area contributed by atoms with E-state index in [1.807, 2.05) is 13.8 Å². The number of aliphatic hydroxyl groups is 1. The van der Waals surface area contributed by atoms with Crippen LogP contribution in [0.2, 0.25) is 0 Å². The second kappa shape index (κ2) is 5.21. The molecule has 0 saturated carbocycles. The highest BCUT2D eigenvalue weighted by molar-refractivity contribution is 5.20. The largest absolute Gasteiger partial charge is 0.393 e. The van der Waals surface area contributed by atoms with Gasteiger partial charge in [0.05, 0.1) is 6.10 Å². The maximum absolute atomic E-state index is 13.2. The molecule has 0 aliphatic heterocycles. The number of hydrogen-bond donors (Lipinski definition) is 1. The lowest BCUT2D eigenvalue weighted by Gasteiger charge is -2.17. The number of halogens is 2. The molecule has 0 aliphatic rings. The number of benzene rings is 1. The van der Waals surface area contributed by atoms with E-state index >= 15 is 0 Å². The molecule has 0 aromatic heterocycles. The minimum atomic E-state index is -0.693. The van der Waals surface area contributed by atoms with Crippen LogP contribution in [0.4, 0.5) is 8.78 Å². The first kappa shape index (κ1) is 12.1. The van der Waals surface area contributed by atoms with Crippen molar-refractivity contribution in [2.75, 3.05) is 0 Å². The first-order valence-corrected chi connectivity index (χ1v) is 5.17. The number of hydrogen-bond acceptors (Lipinski definition) is 1. The van der Waals surface area contributed by atoms with Crippen LogP contribution in [-0.4, -0.2) is 11.2 Å². The summed E-state index contributed by atoms with van der Waals surface area (Å²) in [5.74, 6) is -1.13. The zero-order chi connectivity index (χ0) is 11.4. The van der Waals surface area contributed by atoms with Gasteiger partial charge < -0.3 is 5.11 Å². The molecule has 0 amide bonds. The monoisotopic (exact) mass is 214 g/mol. The van der Waals surface area contributed by atoms with Crippen molar-refractivity contribution in [3.63, 3.8) is 0 Å². The Morgan fingerprint density at radius 3 is 2.27 bits per heavy atom. The highest BCUT2D eigenvalue weighted by Crippen LogP contribution is 2.18. The molecule has 3 heteroatoms. The van der Waals surface area contributed by atoms with E-state index in [2.05, 4.69) is 0 Å². The summed E-state index contributed by atoms with van der Waals surface area (Å²) in [5, 5.41) is 9.69. The summed E-state index contributed by atoms with van der Waals surface area (Å²) in [6.45, 7) is 3.80. The summed E-state index contributed by atoms with van der Waals surface area (Å²) >= 11 is 0. The van der Waals surface area contributed by atoms with Crippen molar-refractivity contribution in [1.82, 2.24) is 0 Å². The fourth-order valence-electron chi connectivity index (χ4n) is 1.41. The molecule has 0 spiro atoms. The number of rotatable bonds is 4. The normalized spacial score (nSPS) is 15.0. The van der Waals surface area contributed by atoms with E-state index < -0.39 is 17.7 Å². The summed E-state index contributed by atoms with van der Waals surface area (Å²) in [6.07, 6.45) is 0.131. The van der Waals surface area contributed by atoms with Gasteiger partial charge in [0.15, 0.2) is 0 Å². The van der Waals surface area contributed by atoms with Gasteiger partial charge in [0.25, 0.3) is 0 Å². The fourth-order valence-corrected chi connectivity index (χ4v) is 1.41. The molecule has 0 aliphatic carbocycles. The Bertz CT molecular complexity index is 305. The van der Waals surface area contributed by atoms with Gasteiger partial charge in [-0.2, -0.15) is 0 Å². The molecule has 0 saturated heterocycles. The van der Waals surface area contributed by atoms with Gasteiger partial charge in [-0.25, -0.2) is 8.78 Å². The molecule has 1 aromatic carbocycles. The van der Waals surface area contributed by atoms with Crippen LogP contribution in [0.25, 0.3) is 0 Å². The van der Waals surface area contributed by atoms with Gasteiger partial charge >= 0.3 is 0 Å². The predicted molar refractivity (Wildman–Crippen MR) is 55.5 cm³/mol. The van der Waals surface area contributed by atoms with Crippen LogP contribution in [0.3, 0.4) is 0 Å². The Labute approximate surface area is 88.7 Å². The summed E-state index contributed by atoms with van der Waals surface area (Å²) in [6, 6.07) is 3.74. The lowest BCUT2D eigenvalue weighted by Crippen LogP contribution is -2.21. The van der Waals surface area contributed by atoms with Crippen molar-refractivity contribution >= 4 is 0 Å². The van der Waals surface area contributed by atoms with Gasteiger partial charge in [0.1, 0.15) is 11.6 Å². The fraction of sp³-hybridized carbons (Fsp3) is 0.500. The summed E-state index contributed by atoms with van der Waals surface area (Å²) in [5.41, 5.74) is -0.0229. The van der Waals surface area contributed by atoms with Crippen LogP contribution in [-0.2, 0) is 6.42 Å². The third-order valence-corrected chi connectivity index (χ3v) is 2.78. The zero-order valence-electron chi connectivity index (χ0n) is 9.00. The SMILES string of the molecule is CCC(C)C(O)Cc1c(F)cccc1F. The van der Waals surface area contributed by atoms with Gasteiger partial charge in [0, 0.05) is 12.0 Å². The van der Waals surface area contributed by atoms with Crippen LogP contribution in [0, 0.1) is 17.6 Å². The average molecular weight is 214 g/mol. The Morgan fingerprint density at radius 1 is 1.27 bits per heavy atom. The second-order valence-electron chi connectivity index (χ2n) is 3.86. The molecule has 1 nitrogen and oxygen atoms in total. The smallest absolute Gasteiger partial charge is 0.129 e. The van der Waals surface area contributed by atoms with Crippen LogP contribution < -0.4 is 0 Å². The quantitative estimate of drug-likeness (QED) is 0.817. The van der Waals surface area contributed by atoms with Crippen molar-refractivity contribution in [2.45, 2.75) is 32.8 Å². The maximum atomic E-state index is 13.2. The number of aliphatic hydroxyl groups excluding tert-OH is 1. The van der Waals surface area contributed by atoms with Crippen molar-refractivity contribution in [3.05, 3.63) is 35.4 Å². The van der Waals surface area contributed by atoms with E-state index in [-0.39, 0.29) is 17.9 Å². The summed E-state index contributed by atoms with van der Waals surface area (Å²) in [4.78, 5) is 0. The van der Waals surface area contributed by atoms with Gasteiger partial charge in [-0.05, 0) is 18.1 Å². The van der Waals surface area contributed by atoms with E-state index in [0.29, 0.717) is 0 Å². The highest BCUT2D eigenvalue weighted by atomic mass is 19.1. The Kier molecular flexibility index (Phi) is 4.21. The van der Waals surface area contributed by atoms with Gasteiger partial charge in [0.2, 0.25) is 0 Å². The van der Waals surface area contributed by atoms with Gasteiger partial charge in [-0.15, -0.1) is 0 Å². The summed E-state index contributed by atoms with van der Waals surface area (Å²) in [7, 11) is 0. The van der Waals surface area contributed by atoms with Crippen LogP contribution in [0.15, 0.2) is 18.2 Å². The van der Waals surface area contributed by atoms with Crippen LogP contribution in [0.5, 0.6) is 0 Å². The molecular formula is C12H16F2O. The third kappa shape index (κ3) is 2.99. The van der Waals surface area contributed by atoms with E-state index in [4.69, 9.17) is 0 Å². The Hall–Kier alpha value is -0.960. The molecule has 0 heterocycles. The molecule has 1 rings (SSSR count). The highest BCUT2D eigenvalue weighted by Gasteiger charge is 2.17.